The van der Waals surface area contributed by atoms with Crippen LogP contribution >= 0.6 is 0 Å². The minimum Gasteiger partial charge on any atom is -0.387 e. The first-order chi connectivity index (χ1) is 8.16. The number of nitrogens with zero attached hydrogens (tertiary/aromatic N) is 1. The molecular weight excluding hydrogens is 228 g/mol. The lowest BCUT2D eigenvalue weighted by Crippen LogP contribution is -2.38. The van der Waals surface area contributed by atoms with Gasteiger partial charge in [0.1, 0.15) is 11.6 Å². The van der Waals surface area contributed by atoms with Crippen LogP contribution in [0.2, 0.25) is 0 Å². The summed E-state index contributed by atoms with van der Waals surface area (Å²) in [6.07, 6.45) is -0.936. The molecule has 2 rings (SSSR count). The second-order valence-corrected chi connectivity index (χ2v) is 4.09. The predicted octanol–water partition coefficient (Wildman–Crippen LogP) is 1.33. The summed E-state index contributed by atoms with van der Waals surface area (Å²) >= 11 is 0. The number of morpholine rings is 1. The number of benzene rings is 1. The van der Waals surface area contributed by atoms with E-state index >= 15 is 0 Å². The average Bonchev–Trinajstić information content (AvgIpc) is 2.30. The van der Waals surface area contributed by atoms with Crippen LogP contribution in [0, 0.1) is 11.6 Å². The monoisotopic (exact) mass is 243 g/mol. The first kappa shape index (κ1) is 12.4. The van der Waals surface area contributed by atoms with Gasteiger partial charge < -0.3 is 9.84 Å². The van der Waals surface area contributed by atoms with Gasteiger partial charge in [-0.3, -0.25) is 4.90 Å². The van der Waals surface area contributed by atoms with Crippen LogP contribution in [0.15, 0.2) is 18.2 Å². The lowest BCUT2D eigenvalue weighted by atomic mass is 10.1. The third-order valence-corrected chi connectivity index (χ3v) is 2.86. The van der Waals surface area contributed by atoms with Crippen molar-refractivity contribution < 1.29 is 18.6 Å². The minimum absolute atomic E-state index is 0.137. The SMILES string of the molecule is OC(CN1CCOCC1)c1ccc(F)cc1F. The van der Waals surface area contributed by atoms with Gasteiger partial charge >= 0.3 is 0 Å². The van der Waals surface area contributed by atoms with E-state index in [9.17, 15) is 13.9 Å². The molecule has 3 nitrogen and oxygen atoms in total. The Bertz CT molecular complexity index is 381. The van der Waals surface area contributed by atoms with Crippen LogP contribution in [0.3, 0.4) is 0 Å². The van der Waals surface area contributed by atoms with Crippen molar-refractivity contribution in [2.75, 3.05) is 32.8 Å². The Morgan fingerprint density at radius 1 is 1.29 bits per heavy atom. The van der Waals surface area contributed by atoms with E-state index in [2.05, 4.69) is 0 Å². The highest BCUT2D eigenvalue weighted by molar-refractivity contribution is 5.21. The second kappa shape index (κ2) is 5.53. The lowest BCUT2D eigenvalue weighted by molar-refractivity contribution is 0.0137. The van der Waals surface area contributed by atoms with E-state index in [4.69, 9.17) is 4.74 Å². The van der Waals surface area contributed by atoms with Crippen LogP contribution in [0.5, 0.6) is 0 Å². The summed E-state index contributed by atoms with van der Waals surface area (Å²) in [6.45, 7) is 3.03. The fourth-order valence-electron chi connectivity index (χ4n) is 1.90. The molecule has 94 valence electrons. The third kappa shape index (κ3) is 3.21. The van der Waals surface area contributed by atoms with Crippen LogP contribution < -0.4 is 0 Å². The van der Waals surface area contributed by atoms with Crippen molar-refractivity contribution in [2.45, 2.75) is 6.10 Å². The van der Waals surface area contributed by atoms with Crippen molar-refractivity contribution in [1.82, 2.24) is 4.90 Å². The molecular formula is C12H15F2NO2. The van der Waals surface area contributed by atoms with Crippen LogP contribution in [-0.4, -0.2) is 42.9 Å². The van der Waals surface area contributed by atoms with Crippen LogP contribution in [0.25, 0.3) is 0 Å². The predicted molar refractivity (Wildman–Crippen MR) is 58.6 cm³/mol. The maximum atomic E-state index is 13.4. The lowest BCUT2D eigenvalue weighted by Gasteiger charge is -2.28. The Labute approximate surface area is 98.6 Å². The van der Waals surface area contributed by atoms with Crippen LogP contribution in [0.4, 0.5) is 8.78 Å². The van der Waals surface area contributed by atoms with Crippen molar-refractivity contribution in [3.8, 4) is 0 Å². The maximum absolute atomic E-state index is 13.4. The molecule has 1 aliphatic heterocycles. The van der Waals surface area contributed by atoms with E-state index in [0.717, 1.165) is 25.2 Å². The zero-order valence-electron chi connectivity index (χ0n) is 9.40. The molecule has 0 bridgehead atoms. The molecule has 1 aliphatic rings. The summed E-state index contributed by atoms with van der Waals surface area (Å²) in [6, 6.07) is 3.23. The molecule has 1 N–H and O–H groups in total. The van der Waals surface area contributed by atoms with Crippen molar-refractivity contribution in [1.29, 1.82) is 0 Å². The molecule has 1 fully saturated rings. The third-order valence-electron chi connectivity index (χ3n) is 2.86. The molecule has 1 heterocycles. The molecule has 0 saturated carbocycles. The summed E-state index contributed by atoms with van der Waals surface area (Å²) in [4.78, 5) is 2.00. The van der Waals surface area contributed by atoms with Gasteiger partial charge in [0.25, 0.3) is 0 Å². The van der Waals surface area contributed by atoms with E-state index in [1.54, 1.807) is 0 Å². The van der Waals surface area contributed by atoms with Gasteiger partial charge in [0.2, 0.25) is 0 Å². The highest BCUT2D eigenvalue weighted by atomic mass is 19.1. The molecule has 0 aromatic heterocycles. The number of halogens is 2. The zero-order chi connectivity index (χ0) is 12.3. The van der Waals surface area contributed by atoms with Gasteiger partial charge in [-0.1, -0.05) is 6.07 Å². The van der Waals surface area contributed by atoms with E-state index in [1.165, 1.54) is 6.07 Å². The van der Waals surface area contributed by atoms with Crippen molar-refractivity contribution in [2.24, 2.45) is 0 Å². The normalized spacial score (nSPS) is 19.2. The van der Waals surface area contributed by atoms with Crippen molar-refractivity contribution in [3.05, 3.63) is 35.4 Å². The van der Waals surface area contributed by atoms with Gasteiger partial charge in [0.05, 0.1) is 19.3 Å². The van der Waals surface area contributed by atoms with Gasteiger partial charge in [-0.25, -0.2) is 8.78 Å². The summed E-state index contributed by atoms with van der Waals surface area (Å²) in [5.74, 6) is -1.34. The van der Waals surface area contributed by atoms with Gasteiger partial charge in [-0.2, -0.15) is 0 Å². The minimum atomic E-state index is -0.936. The molecule has 5 heteroatoms. The molecule has 0 spiro atoms. The first-order valence-electron chi connectivity index (χ1n) is 5.60. The molecule has 0 aliphatic carbocycles. The smallest absolute Gasteiger partial charge is 0.131 e. The molecule has 1 saturated heterocycles. The molecule has 17 heavy (non-hydrogen) atoms. The number of rotatable bonds is 3. The van der Waals surface area contributed by atoms with Gasteiger partial charge in [-0.05, 0) is 6.07 Å². The quantitative estimate of drug-likeness (QED) is 0.869. The summed E-state index contributed by atoms with van der Waals surface area (Å²) in [7, 11) is 0. The number of hydrogen-bond donors (Lipinski definition) is 1. The van der Waals surface area contributed by atoms with Gasteiger partial charge in [-0.15, -0.1) is 0 Å². The highest BCUT2D eigenvalue weighted by Crippen LogP contribution is 2.19. The molecule has 0 amide bonds. The van der Waals surface area contributed by atoms with Gasteiger partial charge in [0, 0.05) is 31.3 Å². The first-order valence-corrected chi connectivity index (χ1v) is 5.60. The summed E-state index contributed by atoms with van der Waals surface area (Å²) in [5.41, 5.74) is 0.137. The zero-order valence-corrected chi connectivity index (χ0v) is 9.40. The Balaban J connectivity index is 2.00. The van der Waals surface area contributed by atoms with E-state index in [1.807, 2.05) is 4.90 Å². The largest absolute Gasteiger partial charge is 0.387 e. The Morgan fingerprint density at radius 3 is 2.65 bits per heavy atom. The van der Waals surface area contributed by atoms with Crippen molar-refractivity contribution >= 4 is 0 Å². The maximum Gasteiger partial charge on any atom is 0.131 e. The average molecular weight is 243 g/mol. The Hall–Kier alpha value is -1.04. The standard InChI is InChI=1S/C12H15F2NO2/c13-9-1-2-10(11(14)7-9)12(16)8-15-3-5-17-6-4-15/h1-2,7,12,16H,3-6,8H2. The molecule has 1 aromatic rings. The van der Waals surface area contributed by atoms with Crippen molar-refractivity contribution in [3.63, 3.8) is 0 Å². The van der Waals surface area contributed by atoms with E-state index < -0.39 is 17.7 Å². The second-order valence-electron chi connectivity index (χ2n) is 4.09. The molecule has 1 atom stereocenters. The Morgan fingerprint density at radius 2 is 2.00 bits per heavy atom. The molecule has 0 radical (unpaired) electrons. The summed E-state index contributed by atoms with van der Waals surface area (Å²) < 4.78 is 31.3. The number of aliphatic hydroxyl groups is 1. The topological polar surface area (TPSA) is 32.7 Å². The fourth-order valence-corrected chi connectivity index (χ4v) is 1.90. The van der Waals surface area contributed by atoms with E-state index in [0.29, 0.717) is 19.8 Å². The van der Waals surface area contributed by atoms with E-state index in [-0.39, 0.29) is 5.56 Å². The summed E-state index contributed by atoms with van der Waals surface area (Å²) in [5, 5.41) is 9.90. The number of hydrogen-bond acceptors (Lipinski definition) is 3. The number of ether oxygens (including phenoxy) is 1. The fraction of sp³-hybridized carbons (Fsp3) is 0.500. The molecule has 1 unspecified atom stereocenters. The number of β-amino-alcohol motifs (C(OH)–C–C–N with tert-alkyl or cyclic N) is 1. The van der Waals surface area contributed by atoms with Crippen LogP contribution in [0.1, 0.15) is 11.7 Å². The number of aliphatic hydroxyl groups excluding tert-OH is 1. The van der Waals surface area contributed by atoms with Gasteiger partial charge in [0.15, 0.2) is 0 Å². The molecule has 1 aromatic carbocycles. The Kier molecular flexibility index (Phi) is 4.04. The highest BCUT2D eigenvalue weighted by Gasteiger charge is 2.18. The van der Waals surface area contributed by atoms with Crippen LogP contribution in [-0.2, 0) is 4.74 Å².